The third-order valence-electron chi connectivity index (χ3n) is 2.40. The van der Waals surface area contributed by atoms with Gasteiger partial charge >= 0.3 is 10.3 Å². The van der Waals surface area contributed by atoms with Gasteiger partial charge in [-0.25, -0.2) is 0 Å². The highest BCUT2D eigenvalue weighted by atomic mass is 32.2. The van der Waals surface area contributed by atoms with E-state index in [2.05, 4.69) is 0 Å². The maximum atomic E-state index is 11.2. The quantitative estimate of drug-likeness (QED) is 0.735. The molecular formula is C10H9NO6S2. The average Bonchev–Trinajstić information content (AvgIpc) is 2.25. The van der Waals surface area contributed by atoms with E-state index in [4.69, 9.17) is 9.11 Å². The summed E-state index contributed by atoms with van der Waals surface area (Å²) in [5.74, 6) is 0. The van der Waals surface area contributed by atoms with Crippen molar-refractivity contribution >= 4 is 36.9 Å². The standard InChI is InChI=1S/C10H9NO6S2/c12-18(13,14)10-6-5-9(11-19(15,16)17)7-3-1-2-4-8(7)10/h1-6,11H,(H,12,13,14)(H,15,16,17). The molecule has 3 N–H and O–H groups in total. The summed E-state index contributed by atoms with van der Waals surface area (Å²) in [6, 6.07) is 8.15. The number of fused-ring (bicyclic) bond motifs is 1. The van der Waals surface area contributed by atoms with E-state index in [1.165, 1.54) is 18.2 Å². The number of benzene rings is 2. The molecular weight excluding hydrogens is 294 g/mol. The fraction of sp³-hybridized carbons (Fsp3) is 0. The maximum absolute atomic E-state index is 11.2. The highest BCUT2D eigenvalue weighted by Gasteiger charge is 2.16. The smallest absolute Gasteiger partial charge is 0.282 e. The molecule has 0 bridgehead atoms. The lowest BCUT2D eigenvalue weighted by Crippen LogP contribution is -2.11. The first-order chi connectivity index (χ1) is 8.68. The minimum atomic E-state index is -4.48. The van der Waals surface area contributed by atoms with Crippen molar-refractivity contribution in [1.29, 1.82) is 0 Å². The summed E-state index contributed by atoms with van der Waals surface area (Å²) in [6.45, 7) is 0. The van der Waals surface area contributed by atoms with Crippen LogP contribution in [-0.2, 0) is 20.4 Å². The number of nitrogens with one attached hydrogen (secondary N) is 1. The Morgan fingerprint density at radius 2 is 1.42 bits per heavy atom. The number of hydrogen-bond acceptors (Lipinski definition) is 4. The number of rotatable bonds is 3. The Morgan fingerprint density at radius 1 is 0.842 bits per heavy atom. The number of hydrogen-bond donors (Lipinski definition) is 3. The zero-order chi connectivity index (χ0) is 14.3. The van der Waals surface area contributed by atoms with E-state index in [1.54, 1.807) is 6.07 Å². The Kier molecular flexibility index (Phi) is 3.22. The predicted octanol–water partition coefficient (Wildman–Crippen LogP) is 1.30. The Labute approximate surface area is 109 Å². The van der Waals surface area contributed by atoms with Gasteiger partial charge in [0.2, 0.25) is 0 Å². The van der Waals surface area contributed by atoms with Gasteiger partial charge in [-0.2, -0.15) is 16.8 Å². The van der Waals surface area contributed by atoms with Crippen molar-refractivity contribution < 1.29 is 25.9 Å². The van der Waals surface area contributed by atoms with Gasteiger partial charge in [0.1, 0.15) is 4.90 Å². The van der Waals surface area contributed by atoms with E-state index in [-0.39, 0.29) is 21.4 Å². The van der Waals surface area contributed by atoms with Crippen molar-refractivity contribution in [3.8, 4) is 0 Å². The zero-order valence-corrected chi connectivity index (χ0v) is 10.9. The van der Waals surface area contributed by atoms with E-state index < -0.39 is 20.4 Å². The van der Waals surface area contributed by atoms with E-state index in [9.17, 15) is 16.8 Å². The van der Waals surface area contributed by atoms with Gasteiger partial charge in [0.05, 0.1) is 5.69 Å². The van der Waals surface area contributed by atoms with Crippen LogP contribution in [0, 0.1) is 0 Å². The highest BCUT2D eigenvalue weighted by Crippen LogP contribution is 2.29. The summed E-state index contributed by atoms with van der Waals surface area (Å²) in [4.78, 5) is -0.344. The third kappa shape index (κ3) is 3.01. The van der Waals surface area contributed by atoms with Gasteiger partial charge < -0.3 is 0 Å². The second kappa shape index (κ2) is 4.46. The lowest BCUT2D eigenvalue weighted by Gasteiger charge is -2.09. The Bertz CT molecular complexity index is 841. The molecule has 0 aliphatic carbocycles. The van der Waals surface area contributed by atoms with E-state index in [0.29, 0.717) is 0 Å². The molecule has 0 radical (unpaired) electrons. The molecule has 2 rings (SSSR count). The second-order valence-electron chi connectivity index (χ2n) is 3.71. The molecule has 0 atom stereocenters. The molecule has 0 saturated carbocycles. The van der Waals surface area contributed by atoms with Crippen LogP contribution in [0.25, 0.3) is 10.8 Å². The van der Waals surface area contributed by atoms with Gasteiger partial charge in [0.15, 0.2) is 0 Å². The van der Waals surface area contributed by atoms with Crippen molar-refractivity contribution in [2.45, 2.75) is 4.90 Å². The van der Waals surface area contributed by atoms with Crippen LogP contribution in [0.4, 0.5) is 5.69 Å². The summed E-state index contributed by atoms with van der Waals surface area (Å²) >= 11 is 0. The Balaban J connectivity index is 2.80. The summed E-state index contributed by atoms with van der Waals surface area (Å²) < 4.78 is 63.7. The zero-order valence-electron chi connectivity index (χ0n) is 9.31. The largest absolute Gasteiger partial charge is 0.357 e. The average molecular weight is 303 g/mol. The fourth-order valence-electron chi connectivity index (χ4n) is 1.72. The van der Waals surface area contributed by atoms with Crippen LogP contribution in [0.3, 0.4) is 0 Å². The molecule has 19 heavy (non-hydrogen) atoms. The van der Waals surface area contributed by atoms with Crippen molar-refractivity contribution in [3.63, 3.8) is 0 Å². The lowest BCUT2D eigenvalue weighted by atomic mass is 10.1. The molecule has 0 aliphatic rings. The van der Waals surface area contributed by atoms with Crippen LogP contribution >= 0.6 is 0 Å². The molecule has 0 amide bonds. The molecule has 0 saturated heterocycles. The lowest BCUT2D eigenvalue weighted by molar-refractivity contribution is 0.483. The fourth-order valence-corrected chi connectivity index (χ4v) is 2.88. The minimum Gasteiger partial charge on any atom is -0.282 e. The van der Waals surface area contributed by atoms with Crippen LogP contribution in [0.15, 0.2) is 41.3 Å². The SMILES string of the molecule is O=S(=O)(O)Nc1ccc(S(=O)(=O)O)c2ccccc12. The molecule has 0 spiro atoms. The van der Waals surface area contributed by atoms with Gasteiger partial charge in [0.25, 0.3) is 10.1 Å². The molecule has 0 aliphatic heterocycles. The van der Waals surface area contributed by atoms with Gasteiger partial charge in [-0.3, -0.25) is 13.8 Å². The van der Waals surface area contributed by atoms with Crippen molar-refractivity contribution in [2.75, 3.05) is 4.72 Å². The molecule has 0 aromatic heterocycles. The molecule has 9 heteroatoms. The maximum Gasteiger partial charge on any atom is 0.357 e. The first-order valence-corrected chi connectivity index (χ1v) is 7.81. The highest BCUT2D eigenvalue weighted by molar-refractivity contribution is 7.87. The summed E-state index contributed by atoms with van der Waals surface area (Å²) in [5, 5.41) is 0.369. The molecule has 0 unspecified atom stereocenters. The molecule has 0 fully saturated rings. The van der Waals surface area contributed by atoms with Gasteiger partial charge in [0, 0.05) is 10.8 Å². The van der Waals surface area contributed by atoms with E-state index in [0.717, 1.165) is 12.1 Å². The molecule has 2 aromatic rings. The predicted molar refractivity (Wildman–Crippen MR) is 68.9 cm³/mol. The summed E-state index contributed by atoms with van der Waals surface area (Å²) in [6.07, 6.45) is 0. The van der Waals surface area contributed by atoms with Crippen LogP contribution in [0.1, 0.15) is 0 Å². The Morgan fingerprint density at radius 3 is 1.95 bits per heavy atom. The van der Waals surface area contributed by atoms with Crippen molar-refractivity contribution in [2.24, 2.45) is 0 Å². The molecule has 7 nitrogen and oxygen atoms in total. The first kappa shape index (κ1) is 13.7. The van der Waals surface area contributed by atoms with Crippen LogP contribution < -0.4 is 4.72 Å². The Hall–Kier alpha value is -1.68. The third-order valence-corrected chi connectivity index (χ3v) is 3.79. The van der Waals surface area contributed by atoms with Crippen LogP contribution in [0.2, 0.25) is 0 Å². The summed E-state index contributed by atoms with van der Waals surface area (Å²) in [7, 11) is -8.91. The minimum absolute atomic E-state index is 0.00509. The van der Waals surface area contributed by atoms with Crippen molar-refractivity contribution in [1.82, 2.24) is 0 Å². The van der Waals surface area contributed by atoms with E-state index in [1.807, 2.05) is 4.72 Å². The van der Waals surface area contributed by atoms with E-state index >= 15 is 0 Å². The van der Waals surface area contributed by atoms with Gasteiger partial charge in [-0.15, -0.1) is 0 Å². The molecule has 0 heterocycles. The number of anilines is 1. The first-order valence-electron chi connectivity index (χ1n) is 4.93. The normalized spacial score (nSPS) is 12.5. The van der Waals surface area contributed by atoms with Crippen molar-refractivity contribution in [3.05, 3.63) is 36.4 Å². The van der Waals surface area contributed by atoms with Crippen LogP contribution in [-0.4, -0.2) is 25.9 Å². The topological polar surface area (TPSA) is 121 Å². The monoisotopic (exact) mass is 303 g/mol. The van der Waals surface area contributed by atoms with Gasteiger partial charge in [-0.05, 0) is 12.1 Å². The summed E-state index contributed by atoms with van der Waals surface area (Å²) in [5.41, 5.74) is 0.00509. The molecule has 102 valence electrons. The van der Waals surface area contributed by atoms with Gasteiger partial charge in [-0.1, -0.05) is 24.3 Å². The second-order valence-corrected chi connectivity index (χ2v) is 6.25. The molecule has 2 aromatic carbocycles. The van der Waals surface area contributed by atoms with Crippen LogP contribution in [0.5, 0.6) is 0 Å².